The molecule has 0 fully saturated rings. The molecule has 0 saturated carbocycles. The third-order valence-corrected chi connectivity index (χ3v) is 2.37. The molecule has 0 heterocycles. The summed E-state index contributed by atoms with van der Waals surface area (Å²) in [4.78, 5) is 0. The Labute approximate surface area is 108 Å². The summed E-state index contributed by atoms with van der Waals surface area (Å²) in [5.41, 5.74) is 0.648. The maximum Gasteiger partial charge on any atom is 0.392 e. The molecule has 0 radical (unpaired) electrons. The third-order valence-electron chi connectivity index (χ3n) is 2.37. The zero-order valence-corrected chi connectivity index (χ0v) is 10.5. The Bertz CT molecular complexity index is 458. The number of alkyl halides is 3. The molecule has 7 heteroatoms. The van der Waals surface area contributed by atoms with Gasteiger partial charge in [-0.2, -0.15) is 13.2 Å². The third kappa shape index (κ3) is 4.69. The van der Waals surface area contributed by atoms with Gasteiger partial charge in [-0.1, -0.05) is 5.16 Å². The summed E-state index contributed by atoms with van der Waals surface area (Å²) in [5.74, 6) is 0.621. The highest BCUT2D eigenvalue weighted by Gasteiger charge is 2.27. The first-order chi connectivity index (χ1) is 8.87. The standard InChI is InChI=1S/C12H14F3NO3/c1-8(16-17)10-4-3-9(18-2)7-11(10)19-6-5-12(13,14)15/h3-4,7,17H,5-6H2,1-2H3/b16-8+. The minimum Gasteiger partial charge on any atom is -0.497 e. The number of benzene rings is 1. The van der Waals surface area contributed by atoms with Gasteiger partial charge in [0.1, 0.15) is 11.5 Å². The molecule has 1 rings (SSSR count). The van der Waals surface area contributed by atoms with Gasteiger partial charge in [-0.15, -0.1) is 0 Å². The average Bonchev–Trinajstić information content (AvgIpc) is 2.36. The molecule has 0 atom stereocenters. The van der Waals surface area contributed by atoms with Gasteiger partial charge in [0.2, 0.25) is 0 Å². The quantitative estimate of drug-likeness (QED) is 0.510. The number of halogens is 3. The van der Waals surface area contributed by atoms with Crippen LogP contribution in [0, 0.1) is 0 Å². The highest BCUT2D eigenvalue weighted by molar-refractivity contribution is 6.00. The van der Waals surface area contributed by atoms with E-state index in [1.165, 1.54) is 20.1 Å². The van der Waals surface area contributed by atoms with Crippen LogP contribution >= 0.6 is 0 Å². The van der Waals surface area contributed by atoms with Crippen LogP contribution < -0.4 is 9.47 Å². The molecular formula is C12H14F3NO3. The van der Waals surface area contributed by atoms with Crippen LogP contribution in [0.3, 0.4) is 0 Å². The smallest absolute Gasteiger partial charge is 0.392 e. The largest absolute Gasteiger partial charge is 0.497 e. The van der Waals surface area contributed by atoms with Crippen LogP contribution in [0.2, 0.25) is 0 Å². The first-order valence-corrected chi connectivity index (χ1v) is 5.44. The Morgan fingerprint density at radius 2 is 2.05 bits per heavy atom. The van der Waals surface area contributed by atoms with E-state index in [9.17, 15) is 13.2 Å². The Morgan fingerprint density at radius 3 is 2.58 bits per heavy atom. The predicted octanol–water partition coefficient (Wildman–Crippen LogP) is 3.22. The van der Waals surface area contributed by atoms with E-state index in [0.29, 0.717) is 11.3 Å². The molecule has 0 aliphatic heterocycles. The SMILES string of the molecule is COc1ccc(/C(C)=N/O)c(OCCC(F)(F)F)c1. The van der Waals surface area contributed by atoms with Gasteiger partial charge in [-0.3, -0.25) is 0 Å². The summed E-state index contributed by atoms with van der Waals surface area (Å²) in [5, 5.41) is 11.7. The Balaban J connectivity index is 2.89. The van der Waals surface area contributed by atoms with Gasteiger partial charge < -0.3 is 14.7 Å². The van der Waals surface area contributed by atoms with E-state index in [2.05, 4.69) is 5.16 Å². The lowest BCUT2D eigenvalue weighted by molar-refractivity contribution is -0.139. The summed E-state index contributed by atoms with van der Waals surface area (Å²) in [7, 11) is 1.43. The van der Waals surface area contributed by atoms with E-state index < -0.39 is 19.2 Å². The fourth-order valence-corrected chi connectivity index (χ4v) is 1.38. The van der Waals surface area contributed by atoms with E-state index in [1.807, 2.05) is 0 Å². The highest BCUT2D eigenvalue weighted by atomic mass is 19.4. The van der Waals surface area contributed by atoms with E-state index >= 15 is 0 Å². The fourth-order valence-electron chi connectivity index (χ4n) is 1.38. The summed E-state index contributed by atoms with van der Waals surface area (Å²) in [6, 6.07) is 4.60. The lowest BCUT2D eigenvalue weighted by Gasteiger charge is -2.13. The molecule has 1 aromatic carbocycles. The van der Waals surface area contributed by atoms with E-state index in [4.69, 9.17) is 14.7 Å². The van der Waals surface area contributed by atoms with Gasteiger partial charge in [-0.25, -0.2) is 0 Å². The lowest BCUT2D eigenvalue weighted by atomic mass is 10.1. The molecule has 0 amide bonds. The summed E-state index contributed by atoms with van der Waals surface area (Å²) in [6.07, 6.45) is -5.34. The fraction of sp³-hybridized carbons (Fsp3) is 0.417. The van der Waals surface area contributed by atoms with Gasteiger partial charge in [0.25, 0.3) is 0 Å². The van der Waals surface area contributed by atoms with Crippen molar-refractivity contribution in [1.29, 1.82) is 0 Å². The van der Waals surface area contributed by atoms with Crippen LogP contribution in [-0.2, 0) is 0 Å². The molecule has 0 bridgehead atoms. The molecule has 0 aliphatic carbocycles. The second kappa shape index (κ2) is 6.31. The van der Waals surface area contributed by atoms with Crippen molar-refractivity contribution < 1.29 is 27.9 Å². The number of methoxy groups -OCH3 is 1. The van der Waals surface area contributed by atoms with Gasteiger partial charge in [0.05, 0.1) is 25.8 Å². The van der Waals surface area contributed by atoms with Crippen molar-refractivity contribution in [1.82, 2.24) is 0 Å². The zero-order chi connectivity index (χ0) is 14.5. The van der Waals surface area contributed by atoms with Gasteiger partial charge in [0.15, 0.2) is 0 Å². The molecule has 4 nitrogen and oxygen atoms in total. The number of hydrogen-bond acceptors (Lipinski definition) is 4. The van der Waals surface area contributed by atoms with E-state index in [-0.39, 0.29) is 11.5 Å². The average molecular weight is 277 g/mol. The number of nitrogens with zero attached hydrogens (tertiary/aromatic N) is 1. The second-order valence-electron chi connectivity index (χ2n) is 3.76. The molecule has 0 saturated heterocycles. The van der Waals surface area contributed by atoms with Crippen LogP contribution in [0.4, 0.5) is 13.2 Å². The van der Waals surface area contributed by atoms with Crippen molar-refractivity contribution in [3.63, 3.8) is 0 Å². The molecule has 19 heavy (non-hydrogen) atoms. The minimum atomic E-state index is -4.28. The van der Waals surface area contributed by atoms with Gasteiger partial charge in [0, 0.05) is 11.6 Å². The number of hydrogen-bond donors (Lipinski definition) is 1. The molecule has 0 aliphatic rings. The first kappa shape index (κ1) is 15.1. The van der Waals surface area contributed by atoms with Crippen LogP contribution in [0.1, 0.15) is 18.9 Å². The normalized spacial score (nSPS) is 12.4. The molecule has 0 aromatic heterocycles. The highest BCUT2D eigenvalue weighted by Crippen LogP contribution is 2.27. The predicted molar refractivity (Wildman–Crippen MR) is 63.2 cm³/mol. The van der Waals surface area contributed by atoms with Crippen molar-refractivity contribution in [2.45, 2.75) is 19.5 Å². The Hall–Kier alpha value is -1.92. The summed E-state index contributed by atoms with van der Waals surface area (Å²) in [6.45, 7) is 1.00. The summed E-state index contributed by atoms with van der Waals surface area (Å²) >= 11 is 0. The maximum atomic E-state index is 12.1. The van der Waals surface area contributed by atoms with Gasteiger partial charge in [-0.05, 0) is 19.1 Å². The first-order valence-electron chi connectivity index (χ1n) is 5.44. The lowest BCUT2D eigenvalue weighted by Crippen LogP contribution is -2.14. The molecule has 0 spiro atoms. The number of ether oxygens (including phenoxy) is 2. The monoisotopic (exact) mass is 277 g/mol. The van der Waals surface area contributed by atoms with Gasteiger partial charge >= 0.3 is 6.18 Å². The summed E-state index contributed by atoms with van der Waals surface area (Å²) < 4.78 is 46.2. The van der Waals surface area contributed by atoms with E-state index in [1.54, 1.807) is 12.1 Å². The number of rotatable bonds is 5. The van der Waals surface area contributed by atoms with Crippen LogP contribution in [0.15, 0.2) is 23.4 Å². The maximum absolute atomic E-state index is 12.1. The Kier molecular flexibility index (Phi) is 5.02. The number of oxime groups is 1. The van der Waals surface area contributed by atoms with Crippen molar-refractivity contribution in [3.05, 3.63) is 23.8 Å². The molecule has 1 aromatic rings. The van der Waals surface area contributed by atoms with Crippen LogP contribution in [-0.4, -0.2) is 30.8 Å². The zero-order valence-electron chi connectivity index (χ0n) is 10.5. The Morgan fingerprint density at radius 1 is 1.37 bits per heavy atom. The minimum absolute atomic E-state index is 0.180. The topological polar surface area (TPSA) is 51.0 Å². The van der Waals surface area contributed by atoms with Crippen LogP contribution in [0.5, 0.6) is 11.5 Å². The molecule has 1 N–H and O–H groups in total. The molecule has 0 unspecified atom stereocenters. The van der Waals surface area contributed by atoms with E-state index in [0.717, 1.165) is 0 Å². The van der Waals surface area contributed by atoms with Crippen LogP contribution in [0.25, 0.3) is 0 Å². The van der Waals surface area contributed by atoms with Crippen molar-refractivity contribution in [3.8, 4) is 11.5 Å². The van der Waals surface area contributed by atoms with Crippen molar-refractivity contribution >= 4 is 5.71 Å². The molecular weight excluding hydrogens is 263 g/mol. The van der Waals surface area contributed by atoms with Crippen molar-refractivity contribution in [2.75, 3.05) is 13.7 Å². The van der Waals surface area contributed by atoms with Crippen molar-refractivity contribution in [2.24, 2.45) is 5.16 Å². The second-order valence-corrected chi connectivity index (χ2v) is 3.76. The molecule has 106 valence electrons.